The van der Waals surface area contributed by atoms with Crippen molar-refractivity contribution in [2.45, 2.75) is 20.3 Å². The standard InChI is InChI=1S/C22H25N3O5/c1-3-29-18-9-5-15(6-10-18)21(27)23-24-22(28)16-13-20(26)25(14-16)17-7-11-19(12-8-17)30-4-2/h5-12,16H,3-4,13-14H2,1-2H3,(H,23,27)(H,24,28)/t16-/m0/s1. The Labute approximate surface area is 175 Å². The molecule has 158 valence electrons. The van der Waals surface area contributed by atoms with E-state index in [1.54, 1.807) is 53.4 Å². The van der Waals surface area contributed by atoms with Gasteiger partial charge in [0.05, 0.1) is 19.1 Å². The van der Waals surface area contributed by atoms with Crippen molar-refractivity contribution in [3.05, 3.63) is 54.1 Å². The number of rotatable bonds is 7. The molecule has 0 bridgehead atoms. The number of anilines is 1. The lowest BCUT2D eigenvalue weighted by atomic mass is 10.1. The van der Waals surface area contributed by atoms with Crippen LogP contribution in [0.4, 0.5) is 5.69 Å². The lowest BCUT2D eigenvalue weighted by molar-refractivity contribution is -0.126. The Morgan fingerprint density at radius 2 is 1.50 bits per heavy atom. The summed E-state index contributed by atoms with van der Waals surface area (Å²) in [5, 5.41) is 0. The molecular formula is C22H25N3O5. The number of benzene rings is 2. The molecule has 0 aliphatic carbocycles. The van der Waals surface area contributed by atoms with Crippen LogP contribution in [0.25, 0.3) is 0 Å². The number of carbonyl (C=O) groups excluding carboxylic acids is 3. The second-order valence-corrected chi connectivity index (χ2v) is 6.73. The van der Waals surface area contributed by atoms with Crippen molar-refractivity contribution in [3.63, 3.8) is 0 Å². The van der Waals surface area contributed by atoms with Gasteiger partial charge in [0.25, 0.3) is 5.91 Å². The zero-order valence-electron chi connectivity index (χ0n) is 17.0. The molecule has 1 aliphatic rings. The molecular weight excluding hydrogens is 386 g/mol. The smallest absolute Gasteiger partial charge is 0.269 e. The van der Waals surface area contributed by atoms with E-state index < -0.39 is 17.7 Å². The molecule has 2 N–H and O–H groups in total. The molecule has 0 saturated carbocycles. The topological polar surface area (TPSA) is 97.0 Å². The van der Waals surface area contributed by atoms with Gasteiger partial charge in [0, 0.05) is 24.2 Å². The molecule has 0 aromatic heterocycles. The first-order chi connectivity index (χ1) is 14.5. The average Bonchev–Trinajstić information content (AvgIpc) is 3.15. The first-order valence-electron chi connectivity index (χ1n) is 9.88. The summed E-state index contributed by atoms with van der Waals surface area (Å²) in [6.07, 6.45) is 0.0813. The van der Waals surface area contributed by atoms with Crippen LogP contribution < -0.4 is 25.2 Å². The van der Waals surface area contributed by atoms with E-state index >= 15 is 0 Å². The quantitative estimate of drug-likeness (QED) is 0.682. The SMILES string of the molecule is CCOc1ccc(C(=O)NNC(=O)[C@H]2CC(=O)N(c3ccc(OCC)cc3)C2)cc1. The van der Waals surface area contributed by atoms with E-state index in [1.165, 1.54) is 0 Å². The van der Waals surface area contributed by atoms with Crippen molar-refractivity contribution in [1.82, 2.24) is 10.9 Å². The Balaban J connectivity index is 1.53. The molecule has 2 aromatic carbocycles. The number of carbonyl (C=O) groups is 3. The minimum atomic E-state index is -0.551. The summed E-state index contributed by atoms with van der Waals surface area (Å²) < 4.78 is 10.7. The zero-order chi connectivity index (χ0) is 21.5. The van der Waals surface area contributed by atoms with E-state index in [1.807, 2.05) is 13.8 Å². The van der Waals surface area contributed by atoms with Gasteiger partial charge in [0.1, 0.15) is 11.5 Å². The molecule has 3 rings (SSSR count). The van der Waals surface area contributed by atoms with E-state index in [0.717, 1.165) is 5.75 Å². The predicted octanol–water partition coefficient (Wildman–Crippen LogP) is 2.30. The van der Waals surface area contributed by atoms with Crippen molar-refractivity contribution in [3.8, 4) is 11.5 Å². The third-order valence-corrected chi connectivity index (χ3v) is 4.68. The Morgan fingerprint density at radius 1 is 0.933 bits per heavy atom. The van der Waals surface area contributed by atoms with Crippen molar-refractivity contribution < 1.29 is 23.9 Å². The summed E-state index contributed by atoms with van der Waals surface area (Å²) in [5.74, 6) is -0.159. The molecule has 1 aliphatic heterocycles. The fraction of sp³-hybridized carbons (Fsp3) is 0.318. The molecule has 1 saturated heterocycles. The zero-order valence-corrected chi connectivity index (χ0v) is 17.0. The number of amides is 3. The Hall–Kier alpha value is -3.55. The molecule has 0 unspecified atom stereocenters. The maximum absolute atomic E-state index is 12.4. The highest BCUT2D eigenvalue weighted by Crippen LogP contribution is 2.27. The summed E-state index contributed by atoms with van der Waals surface area (Å²) >= 11 is 0. The van der Waals surface area contributed by atoms with Gasteiger partial charge in [-0.25, -0.2) is 0 Å². The molecule has 0 radical (unpaired) electrons. The number of hydrogen-bond acceptors (Lipinski definition) is 5. The number of ether oxygens (including phenoxy) is 2. The molecule has 2 aromatic rings. The lowest BCUT2D eigenvalue weighted by Gasteiger charge is -2.17. The van der Waals surface area contributed by atoms with Gasteiger partial charge in [-0.05, 0) is 62.4 Å². The Bertz CT molecular complexity index is 896. The van der Waals surface area contributed by atoms with Gasteiger partial charge < -0.3 is 14.4 Å². The van der Waals surface area contributed by atoms with Crippen LogP contribution in [-0.2, 0) is 9.59 Å². The Kier molecular flexibility index (Phi) is 6.90. The first-order valence-corrected chi connectivity index (χ1v) is 9.88. The maximum Gasteiger partial charge on any atom is 0.269 e. The molecule has 30 heavy (non-hydrogen) atoms. The van der Waals surface area contributed by atoms with Crippen LogP contribution in [0.15, 0.2) is 48.5 Å². The summed E-state index contributed by atoms with van der Waals surface area (Å²) in [5.41, 5.74) is 5.90. The van der Waals surface area contributed by atoms with E-state index in [0.29, 0.717) is 30.2 Å². The van der Waals surface area contributed by atoms with Crippen LogP contribution in [0.3, 0.4) is 0 Å². The largest absolute Gasteiger partial charge is 0.494 e. The molecule has 0 spiro atoms. The van der Waals surface area contributed by atoms with Crippen LogP contribution in [0.2, 0.25) is 0 Å². The van der Waals surface area contributed by atoms with E-state index in [9.17, 15) is 14.4 Å². The van der Waals surface area contributed by atoms with Crippen molar-refractivity contribution in [2.24, 2.45) is 5.92 Å². The van der Waals surface area contributed by atoms with Crippen molar-refractivity contribution in [1.29, 1.82) is 0 Å². The number of hydrogen-bond donors (Lipinski definition) is 2. The van der Waals surface area contributed by atoms with Crippen molar-refractivity contribution in [2.75, 3.05) is 24.7 Å². The van der Waals surface area contributed by atoms with E-state index in [4.69, 9.17) is 9.47 Å². The highest BCUT2D eigenvalue weighted by Gasteiger charge is 2.35. The summed E-state index contributed by atoms with van der Waals surface area (Å²) in [7, 11) is 0. The molecule has 8 nitrogen and oxygen atoms in total. The first kappa shape index (κ1) is 21.2. The normalized spacial score (nSPS) is 15.6. The number of hydrazine groups is 1. The van der Waals surface area contributed by atoms with Crippen LogP contribution in [0, 0.1) is 5.92 Å². The summed E-state index contributed by atoms with van der Waals surface area (Å²) in [6, 6.07) is 13.7. The number of nitrogens with zero attached hydrogens (tertiary/aromatic N) is 1. The fourth-order valence-electron chi connectivity index (χ4n) is 3.18. The van der Waals surface area contributed by atoms with Gasteiger partial charge in [-0.1, -0.05) is 0 Å². The van der Waals surface area contributed by atoms with Crippen molar-refractivity contribution >= 4 is 23.4 Å². The van der Waals surface area contributed by atoms with Gasteiger partial charge in [0.15, 0.2) is 0 Å². The van der Waals surface area contributed by atoms with Crippen LogP contribution in [-0.4, -0.2) is 37.5 Å². The minimum Gasteiger partial charge on any atom is -0.494 e. The van der Waals surface area contributed by atoms with Gasteiger partial charge in [0.2, 0.25) is 11.8 Å². The summed E-state index contributed by atoms with van der Waals surface area (Å²) in [4.78, 5) is 38.6. The van der Waals surface area contributed by atoms with E-state index in [-0.39, 0.29) is 18.9 Å². The predicted molar refractivity (Wildman–Crippen MR) is 111 cm³/mol. The second kappa shape index (κ2) is 9.78. The lowest BCUT2D eigenvalue weighted by Crippen LogP contribution is -2.45. The third kappa shape index (κ3) is 5.08. The highest BCUT2D eigenvalue weighted by atomic mass is 16.5. The molecule has 1 atom stereocenters. The van der Waals surface area contributed by atoms with Crippen LogP contribution in [0.1, 0.15) is 30.6 Å². The van der Waals surface area contributed by atoms with Gasteiger partial charge in [-0.2, -0.15) is 0 Å². The monoisotopic (exact) mass is 411 g/mol. The second-order valence-electron chi connectivity index (χ2n) is 6.73. The van der Waals surface area contributed by atoms with Gasteiger partial charge in [-0.15, -0.1) is 0 Å². The summed E-state index contributed by atoms with van der Waals surface area (Å²) in [6.45, 7) is 5.12. The molecule has 8 heteroatoms. The molecule has 3 amide bonds. The maximum atomic E-state index is 12.4. The minimum absolute atomic E-state index is 0.0813. The third-order valence-electron chi connectivity index (χ3n) is 4.68. The van der Waals surface area contributed by atoms with E-state index in [2.05, 4.69) is 10.9 Å². The van der Waals surface area contributed by atoms with Crippen LogP contribution >= 0.6 is 0 Å². The average molecular weight is 411 g/mol. The Morgan fingerprint density at radius 3 is 2.07 bits per heavy atom. The van der Waals surface area contributed by atoms with Gasteiger partial charge >= 0.3 is 0 Å². The fourth-order valence-corrected chi connectivity index (χ4v) is 3.18. The van der Waals surface area contributed by atoms with Crippen LogP contribution in [0.5, 0.6) is 11.5 Å². The number of nitrogens with one attached hydrogen (secondary N) is 2. The molecule has 1 fully saturated rings. The highest BCUT2D eigenvalue weighted by molar-refractivity contribution is 6.01. The molecule has 1 heterocycles. The van der Waals surface area contributed by atoms with Gasteiger partial charge in [-0.3, -0.25) is 25.2 Å².